The Morgan fingerprint density at radius 3 is 2.48 bits per heavy atom. The third-order valence-corrected chi connectivity index (χ3v) is 3.25. The number of hydrogen-bond acceptors (Lipinski definition) is 4. The number of anilines is 1. The summed E-state index contributed by atoms with van der Waals surface area (Å²) in [5, 5.41) is 5.77. The Hall–Kier alpha value is -2.76. The molecule has 0 atom stereocenters. The number of ether oxygens (including phenoxy) is 2. The summed E-state index contributed by atoms with van der Waals surface area (Å²) in [6.07, 6.45) is 0. The Bertz CT molecular complexity index is 659. The molecule has 2 aromatic rings. The van der Waals surface area contributed by atoms with Gasteiger partial charge >= 0.3 is 0 Å². The average molecular weight is 318 g/mol. The van der Waals surface area contributed by atoms with Gasteiger partial charge in [-0.25, -0.2) is 4.39 Å². The maximum absolute atomic E-state index is 12.8. The lowest BCUT2D eigenvalue weighted by atomic mass is 10.2. The first kappa shape index (κ1) is 16.6. The van der Waals surface area contributed by atoms with Crippen molar-refractivity contribution in [2.75, 3.05) is 26.1 Å². The molecule has 0 spiro atoms. The molecule has 2 rings (SSSR count). The van der Waals surface area contributed by atoms with E-state index in [1.54, 1.807) is 44.6 Å². The standard InChI is InChI=1S/C17H19FN2O3/c1-22-14-7-8-15(16(9-14)23-2)19-11-17(21)20-10-12-3-5-13(18)6-4-12/h3-9,19H,10-11H2,1-2H3,(H,20,21). The van der Waals surface area contributed by atoms with Gasteiger partial charge in [-0.05, 0) is 29.8 Å². The minimum absolute atomic E-state index is 0.101. The van der Waals surface area contributed by atoms with Crippen molar-refractivity contribution in [2.45, 2.75) is 6.54 Å². The summed E-state index contributed by atoms with van der Waals surface area (Å²) in [6.45, 7) is 0.449. The van der Waals surface area contributed by atoms with Crippen molar-refractivity contribution in [3.8, 4) is 11.5 Å². The molecule has 0 heterocycles. The van der Waals surface area contributed by atoms with Gasteiger partial charge in [0, 0.05) is 12.6 Å². The first-order valence-corrected chi connectivity index (χ1v) is 7.09. The fourth-order valence-corrected chi connectivity index (χ4v) is 1.99. The van der Waals surface area contributed by atoms with Crippen LogP contribution >= 0.6 is 0 Å². The van der Waals surface area contributed by atoms with Gasteiger partial charge in [0.25, 0.3) is 0 Å². The lowest BCUT2D eigenvalue weighted by molar-refractivity contribution is -0.119. The van der Waals surface area contributed by atoms with Crippen molar-refractivity contribution in [1.29, 1.82) is 0 Å². The van der Waals surface area contributed by atoms with E-state index in [1.807, 2.05) is 0 Å². The monoisotopic (exact) mass is 318 g/mol. The second-order valence-electron chi connectivity index (χ2n) is 4.82. The van der Waals surface area contributed by atoms with Crippen LogP contribution in [0, 0.1) is 5.82 Å². The van der Waals surface area contributed by atoms with Crippen LogP contribution in [0.15, 0.2) is 42.5 Å². The van der Waals surface area contributed by atoms with Gasteiger partial charge in [0.05, 0.1) is 26.5 Å². The molecular weight excluding hydrogens is 299 g/mol. The van der Waals surface area contributed by atoms with Gasteiger partial charge < -0.3 is 20.1 Å². The summed E-state index contributed by atoms with van der Waals surface area (Å²) >= 11 is 0. The molecule has 0 aliphatic rings. The molecule has 122 valence electrons. The lowest BCUT2D eigenvalue weighted by Gasteiger charge is -2.12. The first-order chi connectivity index (χ1) is 11.1. The molecule has 0 saturated heterocycles. The maximum atomic E-state index is 12.8. The number of hydrogen-bond donors (Lipinski definition) is 2. The number of rotatable bonds is 7. The quantitative estimate of drug-likeness (QED) is 0.824. The van der Waals surface area contributed by atoms with Gasteiger partial charge in [-0.15, -0.1) is 0 Å². The van der Waals surface area contributed by atoms with E-state index in [0.29, 0.717) is 23.7 Å². The molecule has 2 aromatic carbocycles. The van der Waals surface area contributed by atoms with Crippen LogP contribution in [-0.4, -0.2) is 26.7 Å². The van der Waals surface area contributed by atoms with E-state index < -0.39 is 0 Å². The zero-order chi connectivity index (χ0) is 16.7. The van der Waals surface area contributed by atoms with E-state index in [4.69, 9.17) is 9.47 Å². The Morgan fingerprint density at radius 2 is 1.83 bits per heavy atom. The molecular formula is C17H19FN2O3. The summed E-state index contributed by atoms with van der Waals surface area (Å²) in [6, 6.07) is 11.3. The van der Waals surface area contributed by atoms with E-state index >= 15 is 0 Å². The van der Waals surface area contributed by atoms with Gasteiger partial charge in [-0.3, -0.25) is 4.79 Å². The van der Waals surface area contributed by atoms with Crippen molar-refractivity contribution in [3.05, 3.63) is 53.8 Å². The highest BCUT2D eigenvalue weighted by atomic mass is 19.1. The van der Waals surface area contributed by atoms with Gasteiger partial charge in [0.1, 0.15) is 17.3 Å². The SMILES string of the molecule is COc1ccc(NCC(=O)NCc2ccc(F)cc2)c(OC)c1. The lowest BCUT2D eigenvalue weighted by Crippen LogP contribution is -2.29. The van der Waals surface area contributed by atoms with Crippen LogP contribution in [0.4, 0.5) is 10.1 Å². The molecule has 1 amide bonds. The number of benzene rings is 2. The minimum Gasteiger partial charge on any atom is -0.497 e. The van der Waals surface area contributed by atoms with E-state index in [9.17, 15) is 9.18 Å². The largest absolute Gasteiger partial charge is 0.497 e. The van der Waals surface area contributed by atoms with Gasteiger partial charge in [-0.1, -0.05) is 12.1 Å². The van der Waals surface area contributed by atoms with Crippen LogP contribution in [0.5, 0.6) is 11.5 Å². The van der Waals surface area contributed by atoms with Gasteiger partial charge in [0.2, 0.25) is 5.91 Å². The molecule has 5 nitrogen and oxygen atoms in total. The summed E-state index contributed by atoms with van der Waals surface area (Å²) in [5.74, 6) is 0.796. The van der Waals surface area contributed by atoms with E-state index in [0.717, 1.165) is 5.56 Å². The highest BCUT2D eigenvalue weighted by molar-refractivity contribution is 5.81. The van der Waals surface area contributed by atoms with Crippen molar-refractivity contribution in [2.24, 2.45) is 0 Å². The first-order valence-electron chi connectivity index (χ1n) is 7.09. The van der Waals surface area contributed by atoms with E-state index in [1.165, 1.54) is 12.1 Å². The molecule has 0 radical (unpaired) electrons. The molecule has 0 aliphatic carbocycles. The molecule has 0 aliphatic heterocycles. The topological polar surface area (TPSA) is 59.6 Å². The second-order valence-corrected chi connectivity index (χ2v) is 4.82. The molecule has 0 bridgehead atoms. The third kappa shape index (κ3) is 4.88. The van der Waals surface area contributed by atoms with Gasteiger partial charge in [-0.2, -0.15) is 0 Å². The van der Waals surface area contributed by atoms with Crippen LogP contribution < -0.4 is 20.1 Å². The van der Waals surface area contributed by atoms with Crippen LogP contribution in [0.1, 0.15) is 5.56 Å². The van der Waals surface area contributed by atoms with Crippen LogP contribution in [0.2, 0.25) is 0 Å². The molecule has 0 saturated carbocycles. The van der Waals surface area contributed by atoms with Crippen LogP contribution in [0.3, 0.4) is 0 Å². The summed E-state index contributed by atoms with van der Waals surface area (Å²) in [7, 11) is 3.12. The summed E-state index contributed by atoms with van der Waals surface area (Å²) < 4.78 is 23.2. The average Bonchev–Trinajstić information content (AvgIpc) is 2.59. The number of carbonyl (C=O) groups excluding carboxylic acids is 1. The Balaban J connectivity index is 1.85. The molecule has 0 fully saturated rings. The second kappa shape index (κ2) is 8.03. The summed E-state index contributed by atoms with van der Waals surface area (Å²) in [5.41, 5.74) is 1.53. The molecule has 23 heavy (non-hydrogen) atoms. The Labute approximate surface area is 134 Å². The van der Waals surface area contributed by atoms with Gasteiger partial charge in [0.15, 0.2) is 0 Å². The number of nitrogens with one attached hydrogen (secondary N) is 2. The summed E-state index contributed by atoms with van der Waals surface area (Å²) in [4.78, 5) is 11.9. The number of methoxy groups -OCH3 is 2. The highest BCUT2D eigenvalue weighted by Crippen LogP contribution is 2.28. The molecule has 6 heteroatoms. The predicted octanol–water partition coefficient (Wildman–Crippen LogP) is 2.57. The normalized spacial score (nSPS) is 10.0. The van der Waals surface area contributed by atoms with Crippen LogP contribution in [-0.2, 0) is 11.3 Å². The smallest absolute Gasteiger partial charge is 0.239 e. The zero-order valence-electron chi connectivity index (χ0n) is 13.1. The fraction of sp³-hybridized carbons (Fsp3) is 0.235. The highest BCUT2D eigenvalue weighted by Gasteiger charge is 2.07. The maximum Gasteiger partial charge on any atom is 0.239 e. The van der Waals surface area contributed by atoms with E-state index in [2.05, 4.69) is 10.6 Å². The number of halogens is 1. The van der Waals surface area contributed by atoms with Crippen molar-refractivity contribution >= 4 is 11.6 Å². The zero-order valence-corrected chi connectivity index (χ0v) is 13.1. The van der Waals surface area contributed by atoms with Crippen LogP contribution in [0.25, 0.3) is 0 Å². The number of amides is 1. The predicted molar refractivity (Wildman–Crippen MR) is 86.3 cm³/mol. The molecule has 0 unspecified atom stereocenters. The fourth-order valence-electron chi connectivity index (χ4n) is 1.99. The van der Waals surface area contributed by atoms with E-state index in [-0.39, 0.29) is 18.3 Å². The molecule has 2 N–H and O–H groups in total. The molecule has 0 aromatic heterocycles. The van der Waals surface area contributed by atoms with Crippen molar-refractivity contribution < 1.29 is 18.7 Å². The Kier molecular flexibility index (Phi) is 5.80. The number of carbonyl (C=O) groups is 1. The van der Waals surface area contributed by atoms with Crippen molar-refractivity contribution in [3.63, 3.8) is 0 Å². The van der Waals surface area contributed by atoms with Crippen molar-refractivity contribution in [1.82, 2.24) is 5.32 Å². The Morgan fingerprint density at radius 1 is 1.09 bits per heavy atom. The minimum atomic E-state index is -0.298. The third-order valence-electron chi connectivity index (χ3n) is 3.25.